The second-order valence-electron chi connectivity index (χ2n) is 7.14. The molecule has 2 unspecified atom stereocenters. The van der Waals surface area contributed by atoms with Gasteiger partial charge >= 0.3 is 0 Å². The molecule has 0 spiro atoms. The maximum Gasteiger partial charge on any atom is 0.233 e. The predicted octanol–water partition coefficient (Wildman–Crippen LogP) is 4.07. The fourth-order valence-electron chi connectivity index (χ4n) is 2.68. The number of rotatable bonds is 8. The lowest BCUT2D eigenvalue weighted by atomic mass is 9.99. The number of thioether (sulfide) groups is 1. The average molecular weight is 400 g/mol. The SMILES string of the molecule is CC(=O)Nc1ccc(SC(C)C(=O)NCC(N)c2ccc(C(C)C)cc2)cc1. The third kappa shape index (κ3) is 6.69. The van der Waals surface area contributed by atoms with Crippen LogP contribution in [0.25, 0.3) is 0 Å². The van der Waals surface area contributed by atoms with E-state index in [9.17, 15) is 9.59 Å². The largest absolute Gasteiger partial charge is 0.353 e. The van der Waals surface area contributed by atoms with Gasteiger partial charge in [0, 0.05) is 30.1 Å². The van der Waals surface area contributed by atoms with Crippen molar-refractivity contribution in [3.63, 3.8) is 0 Å². The first-order chi connectivity index (χ1) is 13.3. The van der Waals surface area contributed by atoms with E-state index in [4.69, 9.17) is 5.73 Å². The number of amides is 2. The molecular formula is C22H29N3O2S. The Hall–Kier alpha value is -2.31. The lowest BCUT2D eigenvalue weighted by Gasteiger charge is -2.17. The minimum Gasteiger partial charge on any atom is -0.353 e. The molecule has 0 aliphatic carbocycles. The Morgan fingerprint density at radius 2 is 1.54 bits per heavy atom. The van der Waals surface area contributed by atoms with Crippen LogP contribution in [0.4, 0.5) is 5.69 Å². The summed E-state index contributed by atoms with van der Waals surface area (Å²) in [6, 6.07) is 15.4. The van der Waals surface area contributed by atoms with Crippen LogP contribution in [-0.4, -0.2) is 23.6 Å². The molecule has 2 aromatic carbocycles. The third-order valence-corrected chi connectivity index (χ3v) is 5.50. The predicted molar refractivity (Wildman–Crippen MR) is 117 cm³/mol. The minimum absolute atomic E-state index is 0.0508. The molecule has 2 rings (SSSR count). The van der Waals surface area contributed by atoms with Crippen LogP contribution in [0.2, 0.25) is 0 Å². The van der Waals surface area contributed by atoms with E-state index in [0.717, 1.165) is 16.1 Å². The van der Waals surface area contributed by atoms with Crippen LogP contribution >= 0.6 is 11.8 Å². The van der Waals surface area contributed by atoms with Gasteiger partial charge < -0.3 is 16.4 Å². The fraction of sp³-hybridized carbons (Fsp3) is 0.364. The zero-order valence-corrected chi connectivity index (χ0v) is 17.7. The Bertz CT molecular complexity index is 788. The highest BCUT2D eigenvalue weighted by atomic mass is 32.2. The van der Waals surface area contributed by atoms with Gasteiger partial charge in [-0.1, -0.05) is 38.1 Å². The summed E-state index contributed by atoms with van der Waals surface area (Å²) >= 11 is 1.47. The van der Waals surface area contributed by atoms with Crippen molar-refractivity contribution >= 4 is 29.3 Å². The van der Waals surface area contributed by atoms with Crippen molar-refractivity contribution in [2.24, 2.45) is 5.73 Å². The Kier molecular flexibility index (Phi) is 8.08. The Balaban J connectivity index is 1.83. The Morgan fingerprint density at radius 1 is 0.964 bits per heavy atom. The molecule has 150 valence electrons. The number of hydrogen-bond donors (Lipinski definition) is 3. The lowest BCUT2D eigenvalue weighted by Crippen LogP contribution is -2.36. The number of hydrogen-bond acceptors (Lipinski definition) is 4. The van der Waals surface area contributed by atoms with Gasteiger partial charge in [0.2, 0.25) is 11.8 Å². The van der Waals surface area contributed by atoms with Gasteiger partial charge in [-0.2, -0.15) is 0 Å². The smallest absolute Gasteiger partial charge is 0.233 e. The molecule has 0 saturated heterocycles. The highest BCUT2D eigenvalue weighted by Crippen LogP contribution is 2.25. The Morgan fingerprint density at radius 3 is 2.07 bits per heavy atom. The highest BCUT2D eigenvalue weighted by Gasteiger charge is 2.16. The first-order valence-electron chi connectivity index (χ1n) is 9.43. The van der Waals surface area contributed by atoms with Crippen molar-refractivity contribution in [1.29, 1.82) is 0 Å². The summed E-state index contributed by atoms with van der Waals surface area (Å²) in [5, 5.41) is 5.41. The van der Waals surface area contributed by atoms with Crippen LogP contribution in [0, 0.1) is 0 Å². The zero-order valence-electron chi connectivity index (χ0n) is 16.9. The van der Waals surface area contributed by atoms with Crippen LogP contribution in [0.5, 0.6) is 0 Å². The molecule has 2 aromatic rings. The van der Waals surface area contributed by atoms with Crippen molar-refractivity contribution in [2.75, 3.05) is 11.9 Å². The van der Waals surface area contributed by atoms with Gasteiger partial charge in [-0.05, 0) is 48.2 Å². The van der Waals surface area contributed by atoms with Crippen LogP contribution in [0.15, 0.2) is 53.4 Å². The molecule has 0 saturated carbocycles. The molecule has 4 N–H and O–H groups in total. The number of anilines is 1. The fourth-order valence-corrected chi connectivity index (χ4v) is 3.57. The summed E-state index contributed by atoms with van der Waals surface area (Å²) in [6.07, 6.45) is 0. The van der Waals surface area contributed by atoms with E-state index in [1.54, 1.807) is 0 Å². The average Bonchev–Trinajstić information content (AvgIpc) is 2.67. The summed E-state index contributed by atoms with van der Waals surface area (Å²) in [6.45, 7) is 8.04. The Labute approximate surface area is 171 Å². The van der Waals surface area contributed by atoms with E-state index < -0.39 is 0 Å². The number of carbonyl (C=O) groups is 2. The molecule has 6 heteroatoms. The minimum atomic E-state index is -0.248. The normalized spacial score (nSPS) is 13.1. The van der Waals surface area contributed by atoms with Crippen molar-refractivity contribution in [1.82, 2.24) is 5.32 Å². The molecule has 0 heterocycles. The summed E-state index contributed by atoms with van der Waals surface area (Å²) in [7, 11) is 0. The molecule has 0 aliphatic rings. The third-order valence-electron chi connectivity index (χ3n) is 4.38. The number of benzene rings is 2. The first kappa shape index (κ1) is 22.0. The van der Waals surface area contributed by atoms with Crippen LogP contribution in [0.3, 0.4) is 0 Å². The van der Waals surface area contributed by atoms with Crippen LogP contribution in [0.1, 0.15) is 50.8 Å². The summed E-state index contributed by atoms with van der Waals surface area (Å²) in [5.41, 5.74) is 9.25. The van der Waals surface area contributed by atoms with Gasteiger partial charge in [0.15, 0.2) is 0 Å². The van der Waals surface area contributed by atoms with Gasteiger partial charge in [0.25, 0.3) is 0 Å². The second-order valence-corrected chi connectivity index (χ2v) is 8.55. The maximum absolute atomic E-state index is 12.4. The van der Waals surface area contributed by atoms with Gasteiger partial charge in [-0.15, -0.1) is 11.8 Å². The maximum atomic E-state index is 12.4. The van der Waals surface area contributed by atoms with Crippen molar-refractivity contribution in [3.8, 4) is 0 Å². The lowest BCUT2D eigenvalue weighted by molar-refractivity contribution is -0.120. The zero-order chi connectivity index (χ0) is 20.7. The van der Waals surface area contributed by atoms with Gasteiger partial charge in [0.05, 0.1) is 5.25 Å². The van der Waals surface area contributed by atoms with Gasteiger partial charge in [-0.3, -0.25) is 9.59 Å². The molecule has 0 aliphatic heterocycles. The van der Waals surface area contributed by atoms with Crippen LogP contribution < -0.4 is 16.4 Å². The molecule has 0 aromatic heterocycles. The molecule has 28 heavy (non-hydrogen) atoms. The number of carbonyl (C=O) groups excluding carboxylic acids is 2. The highest BCUT2D eigenvalue weighted by molar-refractivity contribution is 8.00. The molecule has 2 atom stereocenters. The van der Waals surface area contributed by atoms with E-state index in [1.165, 1.54) is 24.2 Å². The van der Waals surface area contributed by atoms with Crippen molar-refractivity contribution in [3.05, 3.63) is 59.7 Å². The molecule has 0 radical (unpaired) electrons. The molecule has 5 nitrogen and oxygen atoms in total. The summed E-state index contributed by atoms with van der Waals surface area (Å²) in [5.74, 6) is 0.323. The quantitative estimate of drug-likeness (QED) is 0.584. The standard InChI is InChI=1S/C22H29N3O2S/c1-14(2)17-5-7-18(8-6-17)21(23)13-24-22(27)15(3)28-20-11-9-19(10-12-20)25-16(4)26/h5-12,14-15,21H,13,23H2,1-4H3,(H,24,27)(H,25,26). The van der Waals surface area contributed by atoms with E-state index in [1.807, 2.05) is 43.3 Å². The van der Waals surface area contributed by atoms with Gasteiger partial charge in [-0.25, -0.2) is 0 Å². The van der Waals surface area contributed by atoms with E-state index in [-0.39, 0.29) is 23.1 Å². The summed E-state index contributed by atoms with van der Waals surface area (Å²) in [4.78, 5) is 24.4. The van der Waals surface area contributed by atoms with E-state index in [0.29, 0.717) is 12.5 Å². The van der Waals surface area contributed by atoms with Gasteiger partial charge in [0.1, 0.15) is 0 Å². The molecule has 2 amide bonds. The summed E-state index contributed by atoms with van der Waals surface area (Å²) < 4.78 is 0. The molecule has 0 fully saturated rings. The molecular weight excluding hydrogens is 370 g/mol. The monoisotopic (exact) mass is 399 g/mol. The molecule has 0 bridgehead atoms. The van der Waals surface area contributed by atoms with Crippen molar-refractivity contribution in [2.45, 2.75) is 49.8 Å². The van der Waals surface area contributed by atoms with E-state index in [2.05, 4.69) is 36.6 Å². The number of nitrogens with two attached hydrogens (primary N) is 1. The topological polar surface area (TPSA) is 84.2 Å². The first-order valence-corrected chi connectivity index (χ1v) is 10.3. The number of nitrogens with one attached hydrogen (secondary N) is 2. The van der Waals surface area contributed by atoms with Crippen molar-refractivity contribution < 1.29 is 9.59 Å². The second kappa shape index (κ2) is 10.3. The van der Waals surface area contributed by atoms with E-state index >= 15 is 0 Å². The van der Waals surface area contributed by atoms with Crippen LogP contribution in [-0.2, 0) is 9.59 Å².